The number of hydrogen-bond acceptors (Lipinski definition) is 4. The highest BCUT2D eigenvalue weighted by Gasteiger charge is 2.27. The van der Waals surface area contributed by atoms with Gasteiger partial charge in [-0.3, -0.25) is 14.3 Å². The molecule has 0 amide bonds. The molecule has 2 heterocycles. The topological polar surface area (TPSA) is 73.3 Å². The zero-order valence-electron chi connectivity index (χ0n) is 9.31. The molecule has 94 valence electrons. The summed E-state index contributed by atoms with van der Waals surface area (Å²) in [4.78, 5) is 28.5. The highest BCUT2D eigenvalue weighted by molar-refractivity contribution is 5.01. The summed E-state index contributed by atoms with van der Waals surface area (Å²) < 4.78 is 18.4. The van der Waals surface area contributed by atoms with Gasteiger partial charge in [-0.1, -0.05) is 0 Å². The Kier molecular flexibility index (Phi) is 3.39. The fourth-order valence-electron chi connectivity index (χ4n) is 1.88. The summed E-state index contributed by atoms with van der Waals surface area (Å²) >= 11 is 0. The Morgan fingerprint density at radius 2 is 2.35 bits per heavy atom. The van der Waals surface area contributed by atoms with Gasteiger partial charge in [-0.05, 0) is 24.3 Å². The third-order valence-corrected chi connectivity index (χ3v) is 2.79. The quantitative estimate of drug-likeness (QED) is 0.836. The summed E-state index contributed by atoms with van der Waals surface area (Å²) in [6.07, 6.45) is 1.81. The van der Waals surface area contributed by atoms with E-state index in [9.17, 15) is 14.1 Å². The van der Waals surface area contributed by atoms with Gasteiger partial charge in [0.25, 0.3) is 5.56 Å². The van der Waals surface area contributed by atoms with Crippen LogP contribution in [0.4, 0.5) is 4.53 Å². The Bertz CT molecular complexity index is 510. The first-order chi connectivity index (χ1) is 8.11. The van der Waals surface area contributed by atoms with E-state index in [4.69, 9.17) is 4.74 Å². The molecule has 1 aliphatic heterocycles. The lowest BCUT2D eigenvalue weighted by atomic mass is 10.2. The van der Waals surface area contributed by atoms with E-state index in [1.807, 2.05) is 0 Å². The molecular formula is C10H13FN2O4. The van der Waals surface area contributed by atoms with Gasteiger partial charge >= 0.3 is 5.69 Å². The molecule has 0 aromatic carbocycles. The second-order valence-corrected chi connectivity index (χ2v) is 4.04. The van der Waals surface area contributed by atoms with Crippen molar-refractivity contribution in [1.82, 2.24) is 9.55 Å². The highest BCUT2D eigenvalue weighted by Crippen LogP contribution is 2.27. The summed E-state index contributed by atoms with van der Waals surface area (Å²) in [6, 6.07) is 0. The van der Waals surface area contributed by atoms with Gasteiger partial charge in [0, 0.05) is 11.8 Å². The van der Waals surface area contributed by atoms with Crippen LogP contribution in [0.1, 0.15) is 24.6 Å². The van der Waals surface area contributed by atoms with E-state index in [2.05, 4.69) is 9.93 Å². The van der Waals surface area contributed by atoms with Crippen LogP contribution in [0, 0.1) is 6.92 Å². The van der Waals surface area contributed by atoms with Crippen LogP contribution in [0.3, 0.4) is 0 Å². The number of aromatic amines is 1. The average molecular weight is 244 g/mol. The van der Waals surface area contributed by atoms with Crippen molar-refractivity contribution in [3.05, 3.63) is 32.6 Å². The fourth-order valence-corrected chi connectivity index (χ4v) is 1.88. The van der Waals surface area contributed by atoms with Crippen LogP contribution in [0.15, 0.2) is 15.8 Å². The zero-order valence-corrected chi connectivity index (χ0v) is 9.31. The van der Waals surface area contributed by atoms with Crippen molar-refractivity contribution in [3.8, 4) is 0 Å². The van der Waals surface area contributed by atoms with E-state index in [-0.39, 0.29) is 12.7 Å². The van der Waals surface area contributed by atoms with Crippen LogP contribution in [0.5, 0.6) is 0 Å². The van der Waals surface area contributed by atoms with E-state index < -0.39 is 17.5 Å². The number of aryl methyl sites for hydroxylation is 1. The fraction of sp³-hybridized carbons (Fsp3) is 0.600. The molecule has 17 heavy (non-hydrogen) atoms. The molecule has 6 nitrogen and oxygen atoms in total. The minimum Gasteiger partial charge on any atom is -0.352 e. The van der Waals surface area contributed by atoms with Crippen molar-refractivity contribution in [2.45, 2.75) is 32.1 Å². The number of nitrogens with zero attached hydrogens (tertiary/aromatic N) is 1. The van der Waals surface area contributed by atoms with Crippen LogP contribution in [0.2, 0.25) is 0 Å². The second kappa shape index (κ2) is 4.80. The van der Waals surface area contributed by atoms with Crippen molar-refractivity contribution in [3.63, 3.8) is 0 Å². The van der Waals surface area contributed by atoms with E-state index >= 15 is 0 Å². The minimum absolute atomic E-state index is 0.145. The van der Waals surface area contributed by atoms with Crippen LogP contribution in [0.25, 0.3) is 0 Å². The molecule has 0 bridgehead atoms. The molecular weight excluding hydrogens is 231 g/mol. The first-order valence-corrected chi connectivity index (χ1v) is 5.33. The summed E-state index contributed by atoms with van der Waals surface area (Å²) in [5, 5.41) is 0. The number of H-pyrrole nitrogens is 1. The van der Waals surface area contributed by atoms with Crippen molar-refractivity contribution >= 4 is 0 Å². The summed E-state index contributed by atoms with van der Waals surface area (Å²) in [5.74, 6) is 0. The Morgan fingerprint density at radius 1 is 1.59 bits per heavy atom. The van der Waals surface area contributed by atoms with Gasteiger partial charge in [0.15, 0.2) is 0 Å². The highest BCUT2D eigenvalue weighted by atomic mass is 19.3. The number of hydrogen-bond donors (Lipinski definition) is 1. The SMILES string of the molecule is Cc1cn([C@@H]2CC[C@@H](COF)O2)c(=O)[nH]c1=O. The van der Waals surface area contributed by atoms with Crippen molar-refractivity contribution in [2.24, 2.45) is 0 Å². The van der Waals surface area contributed by atoms with Crippen molar-refractivity contribution in [2.75, 3.05) is 6.61 Å². The Hall–Kier alpha value is -1.47. The van der Waals surface area contributed by atoms with Gasteiger partial charge in [-0.25, -0.2) is 4.79 Å². The van der Waals surface area contributed by atoms with E-state index in [0.29, 0.717) is 18.4 Å². The maximum Gasteiger partial charge on any atom is 0.330 e. The zero-order chi connectivity index (χ0) is 12.4. The third kappa shape index (κ3) is 2.45. The normalized spacial score (nSPS) is 24.1. The number of halogens is 1. The molecule has 2 rings (SSSR count). The standard InChI is InChI=1S/C10H13FN2O4/c1-6-4-13(10(15)12-9(6)14)8-3-2-7(17-8)5-16-11/h4,7-8H,2-3,5H2,1H3,(H,12,14,15)/t7-,8-/m0/s1. The molecule has 1 saturated heterocycles. The molecule has 7 heteroatoms. The summed E-state index contributed by atoms with van der Waals surface area (Å²) in [7, 11) is 0. The van der Waals surface area contributed by atoms with Crippen molar-refractivity contribution in [1.29, 1.82) is 0 Å². The average Bonchev–Trinajstić information content (AvgIpc) is 2.72. The van der Waals surface area contributed by atoms with E-state index in [1.165, 1.54) is 10.8 Å². The number of rotatable bonds is 3. The monoisotopic (exact) mass is 244 g/mol. The third-order valence-electron chi connectivity index (χ3n) is 2.79. The van der Waals surface area contributed by atoms with Gasteiger partial charge in [0.1, 0.15) is 12.8 Å². The number of ether oxygens (including phenoxy) is 1. The minimum atomic E-state index is -0.521. The lowest BCUT2D eigenvalue weighted by Gasteiger charge is -2.14. The second-order valence-electron chi connectivity index (χ2n) is 4.04. The largest absolute Gasteiger partial charge is 0.352 e. The lowest BCUT2D eigenvalue weighted by molar-refractivity contribution is -0.168. The van der Waals surface area contributed by atoms with Crippen LogP contribution >= 0.6 is 0 Å². The van der Waals surface area contributed by atoms with Gasteiger partial charge in [-0.2, -0.15) is 4.94 Å². The predicted molar refractivity (Wildman–Crippen MR) is 56.3 cm³/mol. The molecule has 0 spiro atoms. The molecule has 1 aromatic heterocycles. The molecule has 1 fully saturated rings. The Labute approximate surface area is 95.9 Å². The van der Waals surface area contributed by atoms with E-state index in [0.717, 1.165) is 0 Å². The molecule has 0 aliphatic carbocycles. The summed E-state index contributed by atoms with van der Waals surface area (Å²) in [6.45, 7) is 1.46. The van der Waals surface area contributed by atoms with Gasteiger partial charge < -0.3 is 4.74 Å². The first-order valence-electron chi connectivity index (χ1n) is 5.33. The molecule has 2 atom stereocenters. The number of nitrogens with one attached hydrogen (secondary N) is 1. The molecule has 0 radical (unpaired) electrons. The van der Waals surface area contributed by atoms with Gasteiger partial charge in [0.2, 0.25) is 0 Å². The van der Waals surface area contributed by atoms with Gasteiger partial charge in [-0.15, -0.1) is 0 Å². The Morgan fingerprint density at radius 3 is 3.06 bits per heavy atom. The lowest BCUT2D eigenvalue weighted by Crippen LogP contribution is -2.33. The maximum absolute atomic E-state index is 11.7. The molecule has 0 unspecified atom stereocenters. The molecule has 0 saturated carbocycles. The number of aromatic nitrogens is 2. The van der Waals surface area contributed by atoms with Gasteiger partial charge in [0.05, 0.1) is 6.10 Å². The smallest absolute Gasteiger partial charge is 0.330 e. The Balaban J connectivity index is 2.22. The maximum atomic E-state index is 11.7. The van der Waals surface area contributed by atoms with Crippen LogP contribution in [-0.4, -0.2) is 22.3 Å². The summed E-state index contributed by atoms with van der Waals surface area (Å²) in [5.41, 5.74) is -0.501. The van der Waals surface area contributed by atoms with Crippen LogP contribution < -0.4 is 11.2 Å². The van der Waals surface area contributed by atoms with Crippen LogP contribution in [-0.2, 0) is 9.68 Å². The molecule has 1 aliphatic rings. The first kappa shape index (κ1) is 12.0. The molecule has 1 aromatic rings. The predicted octanol–water partition coefficient (Wildman–Crippen LogP) is 0.424. The van der Waals surface area contributed by atoms with E-state index in [1.54, 1.807) is 6.92 Å². The molecule has 1 N–H and O–H groups in total. The van der Waals surface area contributed by atoms with Crippen molar-refractivity contribution < 1.29 is 14.2 Å².